The summed E-state index contributed by atoms with van der Waals surface area (Å²) in [5.41, 5.74) is 1.06. The summed E-state index contributed by atoms with van der Waals surface area (Å²) in [5.74, 6) is -0.560. The van der Waals surface area contributed by atoms with Crippen LogP contribution in [0.25, 0.3) is 0 Å². The molecule has 1 saturated heterocycles. The zero-order chi connectivity index (χ0) is 16.9. The van der Waals surface area contributed by atoms with Gasteiger partial charge in [-0.1, -0.05) is 18.9 Å². The van der Waals surface area contributed by atoms with Crippen molar-refractivity contribution in [2.24, 2.45) is 11.8 Å². The number of hydrogen-bond donors (Lipinski definition) is 1. The van der Waals surface area contributed by atoms with Crippen LogP contribution in [0.3, 0.4) is 0 Å². The highest BCUT2D eigenvalue weighted by Gasteiger charge is 2.47. The Kier molecular flexibility index (Phi) is 5.23. The van der Waals surface area contributed by atoms with E-state index in [0.717, 1.165) is 31.2 Å². The second kappa shape index (κ2) is 7.55. The maximum absolute atomic E-state index is 12.3. The van der Waals surface area contributed by atoms with Gasteiger partial charge < -0.3 is 5.32 Å². The lowest BCUT2D eigenvalue weighted by molar-refractivity contribution is -0.140. The van der Waals surface area contributed by atoms with E-state index >= 15 is 0 Å². The fraction of sp³-hybridized carbons (Fsp3) is 0.556. The number of imide groups is 1. The first kappa shape index (κ1) is 16.6. The summed E-state index contributed by atoms with van der Waals surface area (Å²) in [6.07, 6.45) is 8.02. The van der Waals surface area contributed by atoms with Gasteiger partial charge in [0, 0.05) is 31.9 Å². The molecule has 0 spiro atoms. The van der Waals surface area contributed by atoms with Crippen molar-refractivity contribution in [3.63, 3.8) is 0 Å². The van der Waals surface area contributed by atoms with Crippen LogP contribution in [0.2, 0.25) is 0 Å². The highest BCUT2D eigenvalue weighted by Crippen LogP contribution is 2.37. The number of fused-ring (bicyclic) bond motifs is 1. The Bertz CT molecular complexity index is 593. The van der Waals surface area contributed by atoms with Crippen LogP contribution in [-0.2, 0) is 20.8 Å². The van der Waals surface area contributed by atoms with Crippen LogP contribution in [0.1, 0.15) is 37.7 Å². The predicted octanol–water partition coefficient (Wildman–Crippen LogP) is 1.31. The van der Waals surface area contributed by atoms with Gasteiger partial charge in [-0.3, -0.25) is 24.3 Å². The lowest BCUT2D eigenvalue weighted by Gasteiger charge is -2.19. The van der Waals surface area contributed by atoms with Crippen LogP contribution >= 0.6 is 0 Å². The van der Waals surface area contributed by atoms with Crippen LogP contribution in [0.15, 0.2) is 24.5 Å². The molecule has 128 valence electrons. The van der Waals surface area contributed by atoms with Crippen molar-refractivity contribution in [1.29, 1.82) is 0 Å². The molecule has 1 N–H and O–H groups in total. The molecule has 6 heteroatoms. The smallest absolute Gasteiger partial charge is 0.233 e. The zero-order valence-corrected chi connectivity index (χ0v) is 13.7. The molecule has 3 rings (SSSR count). The third kappa shape index (κ3) is 3.63. The van der Waals surface area contributed by atoms with Gasteiger partial charge in [0.15, 0.2) is 0 Å². The Hall–Kier alpha value is -2.24. The summed E-state index contributed by atoms with van der Waals surface area (Å²) in [5, 5.41) is 2.83. The molecule has 1 aliphatic carbocycles. The number of nitrogens with zero attached hydrogens (tertiary/aromatic N) is 2. The molecule has 0 bridgehead atoms. The van der Waals surface area contributed by atoms with E-state index < -0.39 is 0 Å². The van der Waals surface area contributed by atoms with Gasteiger partial charge in [0.25, 0.3) is 0 Å². The summed E-state index contributed by atoms with van der Waals surface area (Å²) >= 11 is 0. The first-order chi connectivity index (χ1) is 11.7. The third-order valence-electron chi connectivity index (χ3n) is 4.95. The first-order valence-electron chi connectivity index (χ1n) is 8.67. The number of nitrogens with one attached hydrogen (secondary N) is 1. The van der Waals surface area contributed by atoms with Gasteiger partial charge in [0.05, 0.1) is 11.8 Å². The molecule has 0 unspecified atom stereocenters. The zero-order valence-electron chi connectivity index (χ0n) is 13.7. The molecular formula is C18H23N3O3. The van der Waals surface area contributed by atoms with Crippen molar-refractivity contribution in [3.05, 3.63) is 30.1 Å². The third-order valence-corrected chi connectivity index (χ3v) is 4.95. The Morgan fingerprint density at radius 1 is 1.21 bits per heavy atom. The second-order valence-electron chi connectivity index (χ2n) is 6.54. The molecule has 0 radical (unpaired) electrons. The number of aromatic nitrogens is 1. The van der Waals surface area contributed by atoms with Gasteiger partial charge in [-0.25, -0.2) is 0 Å². The summed E-state index contributed by atoms with van der Waals surface area (Å²) < 4.78 is 0. The topological polar surface area (TPSA) is 79.4 Å². The Morgan fingerprint density at radius 3 is 2.54 bits per heavy atom. The van der Waals surface area contributed by atoms with Crippen LogP contribution < -0.4 is 5.32 Å². The van der Waals surface area contributed by atoms with E-state index in [-0.39, 0.29) is 42.5 Å². The molecule has 1 aromatic rings. The van der Waals surface area contributed by atoms with Crippen molar-refractivity contribution in [3.8, 4) is 0 Å². The fourth-order valence-corrected chi connectivity index (χ4v) is 3.65. The number of carbonyl (C=O) groups is 3. The monoisotopic (exact) mass is 329 g/mol. The van der Waals surface area contributed by atoms with Crippen LogP contribution in [-0.4, -0.2) is 40.7 Å². The molecular weight excluding hydrogens is 306 g/mol. The number of hydrogen-bond acceptors (Lipinski definition) is 4. The van der Waals surface area contributed by atoms with Gasteiger partial charge in [-0.05, 0) is 30.9 Å². The standard InChI is InChI=1S/C18H23N3O3/c22-16(20-10-7-13-4-3-9-19-12-13)8-11-21-17(23)14-5-1-2-6-15(14)18(21)24/h3-4,9,12,14-15H,1-2,5-8,10-11H2,(H,20,22)/t14-,15+. The van der Waals surface area contributed by atoms with Crippen molar-refractivity contribution < 1.29 is 14.4 Å². The van der Waals surface area contributed by atoms with E-state index in [4.69, 9.17) is 0 Å². The SMILES string of the molecule is O=C(CCN1C(=O)[C@H]2CCCC[C@H]2C1=O)NCCc1cccnc1. The number of likely N-dealkylation sites (tertiary alicyclic amines) is 1. The number of carbonyl (C=O) groups excluding carboxylic acids is 3. The Labute approximate surface area is 141 Å². The number of rotatable bonds is 6. The first-order valence-corrected chi connectivity index (χ1v) is 8.67. The summed E-state index contributed by atoms with van der Waals surface area (Å²) in [6.45, 7) is 0.723. The lowest BCUT2D eigenvalue weighted by Crippen LogP contribution is -2.35. The van der Waals surface area contributed by atoms with Crippen LogP contribution in [0.4, 0.5) is 0 Å². The molecule has 3 amide bonds. The number of amides is 3. The summed E-state index contributed by atoms with van der Waals surface area (Å²) in [4.78, 5) is 41.9. The molecule has 6 nitrogen and oxygen atoms in total. The van der Waals surface area contributed by atoms with Crippen molar-refractivity contribution in [2.45, 2.75) is 38.5 Å². The van der Waals surface area contributed by atoms with E-state index in [2.05, 4.69) is 10.3 Å². The van der Waals surface area contributed by atoms with Gasteiger partial charge in [0.1, 0.15) is 0 Å². The van der Waals surface area contributed by atoms with Crippen LogP contribution in [0, 0.1) is 11.8 Å². The lowest BCUT2D eigenvalue weighted by atomic mass is 9.81. The van der Waals surface area contributed by atoms with Crippen molar-refractivity contribution in [1.82, 2.24) is 15.2 Å². The van der Waals surface area contributed by atoms with E-state index in [1.54, 1.807) is 12.4 Å². The quantitative estimate of drug-likeness (QED) is 0.798. The van der Waals surface area contributed by atoms with E-state index in [9.17, 15) is 14.4 Å². The van der Waals surface area contributed by atoms with E-state index in [0.29, 0.717) is 13.0 Å². The highest BCUT2D eigenvalue weighted by atomic mass is 16.2. The normalized spacial score (nSPS) is 23.2. The van der Waals surface area contributed by atoms with Crippen molar-refractivity contribution in [2.75, 3.05) is 13.1 Å². The minimum absolute atomic E-state index is 0.0761. The van der Waals surface area contributed by atoms with E-state index in [1.165, 1.54) is 4.90 Å². The van der Waals surface area contributed by atoms with Gasteiger partial charge in [-0.2, -0.15) is 0 Å². The summed E-state index contributed by atoms with van der Waals surface area (Å²) in [7, 11) is 0. The molecule has 1 saturated carbocycles. The molecule has 2 fully saturated rings. The average molecular weight is 329 g/mol. The van der Waals surface area contributed by atoms with Crippen molar-refractivity contribution >= 4 is 17.7 Å². The maximum atomic E-state index is 12.3. The molecule has 2 heterocycles. The second-order valence-corrected chi connectivity index (χ2v) is 6.54. The van der Waals surface area contributed by atoms with Gasteiger partial charge >= 0.3 is 0 Å². The largest absolute Gasteiger partial charge is 0.356 e. The Morgan fingerprint density at radius 2 is 1.92 bits per heavy atom. The number of pyridine rings is 1. The molecule has 2 aliphatic rings. The molecule has 1 aromatic heterocycles. The Balaban J connectivity index is 1.42. The maximum Gasteiger partial charge on any atom is 0.233 e. The minimum Gasteiger partial charge on any atom is -0.356 e. The van der Waals surface area contributed by atoms with Gasteiger partial charge in [0.2, 0.25) is 17.7 Å². The van der Waals surface area contributed by atoms with Crippen LogP contribution in [0.5, 0.6) is 0 Å². The predicted molar refractivity (Wildman–Crippen MR) is 87.7 cm³/mol. The fourth-order valence-electron chi connectivity index (χ4n) is 3.65. The van der Waals surface area contributed by atoms with E-state index in [1.807, 2.05) is 12.1 Å². The molecule has 24 heavy (non-hydrogen) atoms. The summed E-state index contributed by atoms with van der Waals surface area (Å²) in [6, 6.07) is 3.82. The minimum atomic E-state index is -0.139. The molecule has 0 aromatic carbocycles. The highest BCUT2D eigenvalue weighted by molar-refractivity contribution is 6.05. The van der Waals surface area contributed by atoms with Gasteiger partial charge in [-0.15, -0.1) is 0 Å². The molecule has 2 atom stereocenters. The average Bonchev–Trinajstić information content (AvgIpc) is 2.85. The molecule has 1 aliphatic heterocycles.